The van der Waals surface area contributed by atoms with Crippen LogP contribution in [0.25, 0.3) is 0 Å². The first kappa shape index (κ1) is 34.1. The van der Waals surface area contributed by atoms with Gasteiger partial charge in [-0.2, -0.15) is 0 Å². The van der Waals surface area contributed by atoms with E-state index < -0.39 is 33.8 Å². The maximum atomic E-state index is 13.3. The van der Waals surface area contributed by atoms with Gasteiger partial charge in [-0.05, 0) is 133 Å². The predicted molar refractivity (Wildman–Crippen MR) is 174 cm³/mol. The zero-order chi connectivity index (χ0) is 33.2. The van der Waals surface area contributed by atoms with Crippen molar-refractivity contribution in [2.75, 3.05) is 0 Å². The number of carbonyl (C=O) groups is 1. The van der Waals surface area contributed by atoms with Gasteiger partial charge >= 0.3 is 5.97 Å². The maximum absolute atomic E-state index is 13.3. The first-order valence-corrected chi connectivity index (χ1v) is 17.0. The van der Waals surface area contributed by atoms with Crippen LogP contribution in [0.5, 0.6) is 0 Å². The minimum Gasteiger partial charge on any atom is -0.456 e. The van der Waals surface area contributed by atoms with Crippen LogP contribution >= 0.6 is 0 Å². The van der Waals surface area contributed by atoms with E-state index in [4.69, 9.17) is 9.47 Å². The zero-order valence-corrected chi connectivity index (χ0v) is 28.6. The van der Waals surface area contributed by atoms with E-state index in [9.17, 15) is 25.1 Å². The Morgan fingerprint density at radius 2 is 1.62 bits per heavy atom. The van der Waals surface area contributed by atoms with Gasteiger partial charge in [0.15, 0.2) is 0 Å². The van der Waals surface area contributed by atoms with Crippen LogP contribution in [-0.2, 0) is 9.47 Å². The van der Waals surface area contributed by atoms with Crippen LogP contribution in [0.15, 0.2) is 35.9 Å². The van der Waals surface area contributed by atoms with E-state index in [2.05, 4.69) is 33.8 Å². The molecule has 1 aliphatic heterocycles. The monoisotopic (exact) mass is 625 g/mol. The van der Waals surface area contributed by atoms with Crippen molar-refractivity contribution in [3.63, 3.8) is 0 Å². The van der Waals surface area contributed by atoms with Gasteiger partial charge < -0.3 is 19.7 Å². The lowest BCUT2D eigenvalue weighted by Crippen LogP contribution is -2.56. The second kappa shape index (κ2) is 11.7. The number of rotatable bonds is 6. The van der Waals surface area contributed by atoms with Crippen LogP contribution in [0.4, 0.5) is 5.69 Å². The summed E-state index contributed by atoms with van der Waals surface area (Å²) in [6.07, 6.45) is 8.81. The first-order valence-electron chi connectivity index (χ1n) is 17.0. The number of benzene rings is 1. The van der Waals surface area contributed by atoms with Crippen LogP contribution in [0.3, 0.4) is 0 Å². The summed E-state index contributed by atoms with van der Waals surface area (Å²) in [7, 11) is 0. The molecule has 5 rings (SSSR count). The molecule has 0 radical (unpaired) electrons. The summed E-state index contributed by atoms with van der Waals surface area (Å²) in [6, 6.07) is 5.88. The average Bonchev–Trinajstić information content (AvgIpc) is 3.16. The van der Waals surface area contributed by atoms with Gasteiger partial charge in [0.1, 0.15) is 11.7 Å². The Bertz CT molecular complexity index is 1330. The van der Waals surface area contributed by atoms with Gasteiger partial charge in [-0.15, -0.1) is 0 Å². The van der Waals surface area contributed by atoms with E-state index >= 15 is 0 Å². The predicted octanol–water partition coefficient (Wildman–Crippen LogP) is 7.79. The van der Waals surface area contributed by atoms with E-state index in [1.807, 2.05) is 27.7 Å². The van der Waals surface area contributed by atoms with Gasteiger partial charge in [0.05, 0.1) is 27.8 Å². The quantitative estimate of drug-likeness (QED) is 0.143. The highest BCUT2D eigenvalue weighted by atomic mass is 16.6. The summed E-state index contributed by atoms with van der Waals surface area (Å²) in [5.41, 5.74) is -1.59. The molecule has 3 fully saturated rings. The van der Waals surface area contributed by atoms with E-state index in [1.165, 1.54) is 23.8 Å². The molecule has 2 N–H and O–H groups in total. The van der Waals surface area contributed by atoms with Crippen molar-refractivity contribution in [1.82, 2.24) is 0 Å². The third-order valence-electron chi connectivity index (χ3n) is 13.0. The number of hydrogen-bond donors (Lipinski definition) is 2. The molecule has 0 spiro atoms. The molecule has 8 heteroatoms. The number of aliphatic hydroxyl groups is 2. The molecule has 1 saturated heterocycles. The van der Waals surface area contributed by atoms with Gasteiger partial charge in [0, 0.05) is 6.07 Å². The molecule has 3 aliphatic carbocycles. The van der Waals surface area contributed by atoms with Crippen LogP contribution < -0.4 is 0 Å². The number of nitro groups is 1. The second-order valence-corrected chi connectivity index (χ2v) is 16.6. The van der Waals surface area contributed by atoms with E-state index in [0.29, 0.717) is 37.5 Å². The topological polar surface area (TPSA) is 119 Å². The summed E-state index contributed by atoms with van der Waals surface area (Å²) in [5.74, 6) is 0.309. The highest BCUT2D eigenvalue weighted by Gasteiger charge is 2.58. The molecule has 1 aromatic carbocycles. The van der Waals surface area contributed by atoms with E-state index in [-0.39, 0.29) is 40.0 Å². The molecular weight excluding hydrogens is 570 g/mol. The first-order chi connectivity index (χ1) is 20.8. The van der Waals surface area contributed by atoms with Crippen molar-refractivity contribution in [2.24, 2.45) is 34.5 Å². The molecule has 2 saturated carbocycles. The van der Waals surface area contributed by atoms with Crippen molar-refractivity contribution < 1.29 is 29.4 Å². The Kier molecular flexibility index (Phi) is 8.89. The van der Waals surface area contributed by atoms with Gasteiger partial charge in [0.2, 0.25) is 0 Å². The van der Waals surface area contributed by atoms with Crippen molar-refractivity contribution in [3.05, 3.63) is 51.6 Å². The largest absolute Gasteiger partial charge is 0.456 e. The third kappa shape index (κ3) is 6.12. The molecule has 9 atom stereocenters. The summed E-state index contributed by atoms with van der Waals surface area (Å²) in [4.78, 5) is 24.3. The highest BCUT2D eigenvalue weighted by molar-refractivity contribution is 5.94. The molecule has 1 heterocycles. The fourth-order valence-corrected chi connectivity index (χ4v) is 10.3. The molecule has 0 unspecified atom stereocenters. The van der Waals surface area contributed by atoms with Crippen molar-refractivity contribution in [1.29, 1.82) is 0 Å². The lowest BCUT2D eigenvalue weighted by atomic mass is 9.55. The Morgan fingerprint density at radius 3 is 2.31 bits per heavy atom. The van der Waals surface area contributed by atoms with Crippen LogP contribution in [-0.4, -0.2) is 50.1 Å². The van der Waals surface area contributed by atoms with Crippen molar-refractivity contribution in [3.8, 4) is 0 Å². The standard InChI is InChI=1S/C37H55NO7/c1-23-13-14-27-26(17-21-36(27,7)40)33(2,3)25(23)15-16-29-35(6)20-18-30(34(4,5)45-31(35)19-22-37(29,8)41)44-32(39)24-11-9-10-12-28(24)38(42)43/h9-13,25-27,29-31,40-41H,14-22H2,1-8H3/t25-,26+,27+,29+,30+,31+,35+,36+,37-/m1/s1. The minimum atomic E-state index is -0.869. The minimum absolute atomic E-state index is 0.0182. The molecule has 0 bridgehead atoms. The molecule has 0 amide bonds. The van der Waals surface area contributed by atoms with Crippen LogP contribution in [0.1, 0.15) is 124 Å². The third-order valence-corrected chi connectivity index (χ3v) is 13.0. The number of hydrogen-bond acceptors (Lipinski definition) is 7. The average molecular weight is 626 g/mol. The van der Waals surface area contributed by atoms with Crippen LogP contribution in [0, 0.1) is 44.6 Å². The molecule has 45 heavy (non-hydrogen) atoms. The number of nitro benzene ring substituents is 1. The number of allylic oxidation sites excluding steroid dienone is 2. The van der Waals surface area contributed by atoms with E-state index in [1.54, 1.807) is 6.07 Å². The smallest absolute Gasteiger partial charge is 0.345 e. The van der Waals surface area contributed by atoms with Gasteiger partial charge in [-0.25, -0.2) is 4.79 Å². The Hall–Kier alpha value is -2.29. The summed E-state index contributed by atoms with van der Waals surface area (Å²) in [6.45, 7) is 17.1. The molecule has 1 aromatic rings. The van der Waals surface area contributed by atoms with Crippen LogP contribution in [0.2, 0.25) is 0 Å². The Morgan fingerprint density at radius 1 is 0.956 bits per heavy atom. The Balaban J connectivity index is 1.38. The van der Waals surface area contributed by atoms with Crippen molar-refractivity contribution in [2.45, 2.75) is 142 Å². The lowest BCUT2D eigenvalue weighted by molar-refractivity contribution is -0.385. The summed E-state index contributed by atoms with van der Waals surface area (Å²) < 4.78 is 12.9. The number of para-hydroxylation sites is 1. The molecule has 250 valence electrons. The maximum Gasteiger partial charge on any atom is 0.345 e. The fraction of sp³-hybridized carbons (Fsp3) is 0.757. The second-order valence-electron chi connectivity index (χ2n) is 16.6. The van der Waals surface area contributed by atoms with Gasteiger partial charge in [0.25, 0.3) is 5.69 Å². The lowest BCUT2D eigenvalue weighted by Gasteiger charge is -2.54. The SMILES string of the molecule is CC1=CC[C@H]2[C@H](CC[C@]2(C)O)C(C)(C)[C@@H]1CC[C@H]1[C@]2(C)CC[C@H](OC(=O)c3ccccc3[N+](=O)[O-])C(C)(C)O[C@H]2CC[C@@]1(C)O. The number of esters is 1. The van der Waals surface area contributed by atoms with Gasteiger partial charge in [-0.3, -0.25) is 10.1 Å². The summed E-state index contributed by atoms with van der Waals surface area (Å²) >= 11 is 0. The number of nitrogens with zero attached hydrogens (tertiary/aromatic N) is 1. The fourth-order valence-electron chi connectivity index (χ4n) is 10.3. The molecular formula is C37H55NO7. The molecule has 4 aliphatic rings. The molecule has 0 aromatic heterocycles. The highest BCUT2D eigenvalue weighted by Crippen LogP contribution is 2.59. The van der Waals surface area contributed by atoms with E-state index in [0.717, 1.165) is 32.1 Å². The molecule has 8 nitrogen and oxygen atoms in total. The Labute approximate surface area is 269 Å². The summed E-state index contributed by atoms with van der Waals surface area (Å²) in [5, 5.41) is 34.7. The number of ether oxygens (including phenoxy) is 2. The number of carbonyl (C=O) groups excluding carboxylic acids is 1. The zero-order valence-electron chi connectivity index (χ0n) is 28.6. The van der Waals surface area contributed by atoms with Crippen molar-refractivity contribution >= 4 is 11.7 Å². The number of fused-ring (bicyclic) bond motifs is 2. The van der Waals surface area contributed by atoms with Gasteiger partial charge in [-0.1, -0.05) is 44.6 Å². The normalized spacial score (nSPS) is 40.7.